The molecule has 59 heavy (non-hydrogen) atoms. The largest absolute Gasteiger partial charge is 0.497 e. The minimum atomic E-state index is -5.10. The molecule has 0 radical (unpaired) electrons. The number of carbonyl (C=O) groups excluding carboxylic acids is 3. The SMILES string of the molecule is CC[C@@H]1C[C@H](C)CC/C=C\[C@@H]2C[C@@]2(C(=O)NS(=O)(=O)C2CC2)NC(=O)[C@@H]2C[C@@H](Oc3cc(OC)nc4cc(OC)ccc34)CN2C(=O)[C@H]1N(C(=O)O)C(C)(C)C(F)(F)F. The number of alkyl halides is 3. The summed E-state index contributed by atoms with van der Waals surface area (Å²) in [6.07, 6.45) is -2.62. The number of hydrogen-bond donors (Lipinski definition) is 3. The van der Waals surface area contributed by atoms with Crippen LogP contribution in [-0.2, 0) is 24.4 Å². The van der Waals surface area contributed by atoms with E-state index in [1.807, 2.05) is 13.0 Å². The van der Waals surface area contributed by atoms with Gasteiger partial charge in [0.25, 0.3) is 5.91 Å². The lowest BCUT2D eigenvalue weighted by atomic mass is 9.82. The van der Waals surface area contributed by atoms with Crippen LogP contribution >= 0.6 is 0 Å². The number of benzene rings is 1. The molecule has 3 heterocycles. The van der Waals surface area contributed by atoms with Gasteiger partial charge in [0.15, 0.2) is 0 Å². The third-order valence-corrected chi connectivity index (χ3v) is 14.0. The van der Waals surface area contributed by atoms with Gasteiger partial charge < -0.3 is 29.5 Å². The van der Waals surface area contributed by atoms with E-state index in [1.165, 1.54) is 20.3 Å². The van der Waals surface area contributed by atoms with Gasteiger partial charge in [-0.05, 0) is 76.3 Å². The van der Waals surface area contributed by atoms with E-state index in [4.69, 9.17) is 14.2 Å². The Kier molecular flexibility index (Phi) is 12.1. The van der Waals surface area contributed by atoms with Crippen LogP contribution in [0, 0.1) is 17.8 Å². The molecule has 1 aromatic carbocycles. The molecule has 2 aliphatic heterocycles. The molecule has 3 N–H and O–H groups in total. The molecular formula is C40H52F3N5O10S. The molecule has 3 fully saturated rings. The van der Waals surface area contributed by atoms with E-state index < -0.39 is 86.4 Å². The van der Waals surface area contributed by atoms with Crippen LogP contribution < -0.4 is 24.2 Å². The zero-order valence-corrected chi connectivity index (χ0v) is 34.7. The molecule has 0 bridgehead atoms. The van der Waals surface area contributed by atoms with Gasteiger partial charge in [-0.3, -0.25) is 24.0 Å². The third kappa shape index (κ3) is 8.75. The highest BCUT2D eigenvalue weighted by Gasteiger charge is 2.63. The number of ether oxygens (including phenoxy) is 3. The first kappa shape index (κ1) is 43.8. The molecule has 4 aliphatic rings. The van der Waals surface area contributed by atoms with Crippen molar-refractivity contribution in [1.82, 2.24) is 24.8 Å². The number of nitrogens with one attached hydrogen (secondary N) is 2. The van der Waals surface area contributed by atoms with Crippen molar-refractivity contribution in [1.29, 1.82) is 0 Å². The second-order valence-corrected chi connectivity index (χ2v) is 18.6. The number of rotatable bonds is 10. The molecule has 4 amide bonds. The van der Waals surface area contributed by atoms with Crippen LogP contribution in [0.25, 0.3) is 10.9 Å². The number of allylic oxidation sites excluding steroid dienone is 1. The van der Waals surface area contributed by atoms with Gasteiger partial charge in [0.1, 0.15) is 40.8 Å². The van der Waals surface area contributed by atoms with E-state index >= 15 is 4.79 Å². The van der Waals surface area contributed by atoms with E-state index in [0.29, 0.717) is 56.2 Å². The molecular weight excluding hydrogens is 800 g/mol. The quantitative estimate of drug-likeness (QED) is 0.267. The Labute approximate surface area is 341 Å². The standard InChI is InChI=1S/C40H52F3N5O10S/c1-7-23-16-22(2)10-8-9-11-24-20-39(24,36(51)46-59(54,55)27-13-14-27)45-34(49)30-18-26(58-31-19-32(57-6)44-29-17-25(56-5)12-15-28(29)31)21-47(30)35(50)33(23)48(37(52)53)38(3,4)40(41,42)43/h9,11-12,15,17,19,22-24,26-27,30,33H,7-8,10,13-14,16,18,20-21H2,1-6H3,(H,45,49)(H,46,51)(H,52,53)/b11-9-/t22-,23-,24-,26-,30+,33+,39-/m1/s1. The fourth-order valence-corrected chi connectivity index (χ4v) is 9.70. The van der Waals surface area contributed by atoms with E-state index in [-0.39, 0.29) is 54.7 Å². The molecule has 15 nitrogen and oxygen atoms in total. The number of methoxy groups -OCH3 is 2. The number of hydrogen-bond acceptors (Lipinski definition) is 10. The number of sulfonamides is 1. The van der Waals surface area contributed by atoms with Gasteiger partial charge >= 0.3 is 12.3 Å². The molecule has 6 rings (SSSR count). The van der Waals surface area contributed by atoms with Crippen LogP contribution in [0.3, 0.4) is 0 Å². The maximum Gasteiger partial charge on any atom is 0.411 e. The van der Waals surface area contributed by atoms with Crippen molar-refractivity contribution in [2.75, 3.05) is 20.8 Å². The lowest BCUT2D eigenvalue weighted by Gasteiger charge is -2.46. The third-order valence-electron chi connectivity index (χ3n) is 12.2. The van der Waals surface area contributed by atoms with Gasteiger partial charge in [-0.15, -0.1) is 0 Å². The summed E-state index contributed by atoms with van der Waals surface area (Å²) in [5.41, 5.74) is -4.33. The summed E-state index contributed by atoms with van der Waals surface area (Å²) in [4.78, 5) is 62.4. The summed E-state index contributed by atoms with van der Waals surface area (Å²) >= 11 is 0. The zero-order valence-electron chi connectivity index (χ0n) is 33.9. The second kappa shape index (κ2) is 16.3. The Morgan fingerprint density at radius 2 is 1.81 bits per heavy atom. The van der Waals surface area contributed by atoms with Gasteiger partial charge in [-0.2, -0.15) is 13.2 Å². The first-order valence-electron chi connectivity index (χ1n) is 19.8. The number of aromatic nitrogens is 1. The van der Waals surface area contributed by atoms with Crippen molar-refractivity contribution >= 4 is 44.7 Å². The Hall–Kier alpha value is -4.81. The monoisotopic (exact) mass is 851 g/mol. The topological polar surface area (TPSA) is 194 Å². The Morgan fingerprint density at radius 3 is 2.42 bits per heavy atom. The van der Waals surface area contributed by atoms with Gasteiger partial charge in [-0.25, -0.2) is 18.2 Å². The van der Waals surface area contributed by atoms with Crippen LogP contribution in [-0.4, -0.2) is 114 Å². The number of nitrogens with zero attached hydrogens (tertiary/aromatic N) is 3. The van der Waals surface area contributed by atoms with Crippen LogP contribution in [0.4, 0.5) is 18.0 Å². The molecule has 2 aromatic rings. The van der Waals surface area contributed by atoms with Gasteiger partial charge in [0, 0.05) is 29.9 Å². The molecule has 19 heteroatoms. The van der Waals surface area contributed by atoms with Crippen LogP contribution in [0.2, 0.25) is 0 Å². The first-order valence-corrected chi connectivity index (χ1v) is 21.4. The highest BCUT2D eigenvalue weighted by atomic mass is 32.2. The molecule has 2 aliphatic carbocycles. The number of carbonyl (C=O) groups is 4. The average Bonchev–Trinajstić information content (AvgIpc) is 4.10. The van der Waals surface area contributed by atoms with Crippen molar-refractivity contribution in [2.45, 2.75) is 120 Å². The summed E-state index contributed by atoms with van der Waals surface area (Å²) in [6, 6.07) is 3.14. The van der Waals surface area contributed by atoms with Crippen molar-refractivity contribution < 1.29 is 60.1 Å². The van der Waals surface area contributed by atoms with Crippen LogP contribution in [0.1, 0.15) is 79.1 Å². The first-order chi connectivity index (χ1) is 27.7. The zero-order chi connectivity index (χ0) is 43.2. The highest BCUT2D eigenvalue weighted by molar-refractivity contribution is 7.91. The number of amides is 4. The maximum absolute atomic E-state index is 15.2. The van der Waals surface area contributed by atoms with E-state index in [9.17, 15) is 41.1 Å². The minimum Gasteiger partial charge on any atom is -0.497 e. The lowest BCUT2D eigenvalue weighted by Crippen LogP contribution is -2.66. The molecule has 1 aromatic heterocycles. The Morgan fingerprint density at radius 1 is 1.10 bits per heavy atom. The summed E-state index contributed by atoms with van der Waals surface area (Å²) < 4.78 is 89.6. The smallest absolute Gasteiger partial charge is 0.411 e. The molecule has 0 unspecified atom stereocenters. The Balaban J connectivity index is 1.45. The Bertz CT molecular complexity index is 2110. The minimum absolute atomic E-state index is 0.0523. The maximum atomic E-state index is 15.2. The fraction of sp³-hybridized carbons (Fsp3) is 0.625. The van der Waals surface area contributed by atoms with Crippen molar-refractivity contribution in [2.24, 2.45) is 17.8 Å². The summed E-state index contributed by atoms with van der Waals surface area (Å²) in [5.74, 6) is -3.66. The fourth-order valence-electron chi connectivity index (χ4n) is 8.33. The molecule has 2 saturated carbocycles. The van der Waals surface area contributed by atoms with Gasteiger partial charge in [-0.1, -0.05) is 32.4 Å². The van der Waals surface area contributed by atoms with Gasteiger partial charge in [0.2, 0.25) is 27.7 Å². The number of halogens is 3. The van der Waals surface area contributed by atoms with E-state index in [0.717, 1.165) is 4.90 Å². The second-order valence-electron chi connectivity index (χ2n) is 16.6. The summed E-state index contributed by atoms with van der Waals surface area (Å²) in [7, 11) is -1.15. The lowest BCUT2D eigenvalue weighted by molar-refractivity contribution is -0.222. The van der Waals surface area contributed by atoms with E-state index in [2.05, 4.69) is 15.0 Å². The van der Waals surface area contributed by atoms with Crippen molar-refractivity contribution in [3.05, 3.63) is 36.4 Å². The van der Waals surface area contributed by atoms with Gasteiger partial charge in [0.05, 0.1) is 31.5 Å². The molecule has 7 atom stereocenters. The summed E-state index contributed by atoms with van der Waals surface area (Å²) in [5, 5.41) is 13.1. The average molecular weight is 852 g/mol. The number of pyridine rings is 1. The van der Waals surface area contributed by atoms with Crippen molar-refractivity contribution in [3.63, 3.8) is 0 Å². The normalized spacial score (nSPS) is 28.6. The van der Waals surface area contributed by atoms with Crippen LogP contribution in [0.5, 0.6) is 17.4 Å². The predicted molar refractivity (Wildman–Crippen MR) is 208 cm³/mol. The summed E-state index contributed by atoms with van der Waals surface area (Å²) in [6.45, 7) is 4.58. The van der Waals surface area contributed by atoms with Crippen LogP contribution in [0.15, 0.2) is 36.4 Å². The van der Waals surface area contributed by atoms with Crippen molar-refractivity contribution in [3.8, 4) is 17.4 Å². The predicted octanol–water partition coefficient (Wildman–Crippen LogP) is 5.18. The number of carboxylic acid groups (broad SMARTS) is 1. The number of fused-ring (bicyclic) bond motifs is 3. The molecule has 324 valence electrons. The van der Waals surface area contributed by atoms with E-state index in [1.54, 1.807) is 31.2 Å². The highest BCUT2D eigenvalue weighted by Crippen LogP contribution is 2.47. The molecule has 1 saturated heterocycles. The molecule has 0 spiro atoms.